The van der Waals surface area contributed by atoms with Crippen molar-refractivity contribution in [3.05, 3.63) is 0 Å². The smallest absolute Gasteiger partial charge is 0.234 e. The third-order valence-corrected chi connectivity index (χ3v) is 1.54. The molecule has 0 unspecified atom stereocenters. The van der Waals surface area contributed by atoms with Gasteiger partial charge in [0.1, 0.15) is 0 Å². The van der Waals surface area contributed by atoms with Gasteiger partial charge in [0.2, 0.25) is 6.08 Å². The van der Waals surface area contributed by atoms with Crippen LogP contribution in [0, 0.1) is 0 Å². The van der Waals surface area contributed by atoms with E-state index in [2.05, 4.69) is 10.3 Å². The Bertz CT molecular complexity index is 123. The van der Waals surface area contributed by atoms with Gasteiger partial charge in [-0.1, -0.05) is 0 Å². The van der Waals surface area contributed by atoms with Gasteiger partial charge in [-0.05, 0) is 19.4 Å². The minimum Gasteiger partial charge on any atom is -0.312 e. The monoisotopic (exact) mass is 126 g/mol. The lowest BCUT2D eigenvalue weighted by Gasteiger charge is -2.01. The summed E-state index contributed by atoms with van der Waals surface area (Å²) in [4.78, 5) is 13.1. The highest BCUT2D eigenvalue weighted by Gasteiger charge is 2.11. The fraction of sp³-hybridized carbons (Fsp3) is 0.833. The molecule has 1 aliphatic rings. The molecule has 1 N–H and O–H groups in total. The Labute approximate surface area is 54.2 Å². The summed E-state index contributed by atoms with van der Waals surface area (Å²) in [6.07, 6.45) is 3.88. The molecule has 0 spiro atoms. The van der Waals surface area contributed by atoms with Crippen LogP contribution in [0.15, 0.2) is 4.99 Å². The minimum atomic E-state index is 0.437. The van der Waals surface area contributed by atoms with E-state index in [1.54, 1.807) is 0 Å². The molecule has 0 aromatic carbocycles. The molecule has 0 aliphatic carbocycles. The molecule has 1 saturated heterocycles. The Morgan fingerprint density at radius 3 is 3.22 bits per heavy atom. The van der Waals surface area contributed by atoms with E-state index in [9.17, 15) is 4.79 Å². The molecule has 3 nitrogen and oxygen atoms in total. The maximum atomic E-state index is 9.64. The SMILES string of the molecule is O=C=NC[C@@H]1CCCN1. The summed E-state index contributed by atoms with van der Waals surface area (Å²) in [5.74, 6) is 0. The first-order valence-corrected chi connectivity index (χ1v) is 3.20. The van der Waals surface area contributed by atoms with Crippen LogP contribution in [0.1, 0.15) is 12.8 Å². The summed E-state index contributed by atoms with van der Waals surface area (Å²) in [5, 5.41) is 3.22. The number of hydrogen-bond acceptors (Lipinski definition) is 3. The van der Waals surface area contributed by atoms with Crippen molar-refractivity contribution in [1.29, 1.82) is 0 Å². The molecule has 0 bridgehead atoms. The van der Waals surface area contributed by atoms with E-state index in [1.807, 2.05) is 0 Å². The molecular formula is C6H10N2O. The number of nitrogens with zero attached hydrogens (tertiary/aromatic N) is 1. The summed E-state index contributed by atoms with van der Waals surface area (Å²) in [7, 11) is 0. The molecule has 0 aromatic rings. The molecule has 50 valence electrons. The zero-order valence-corrected chi connectivity index (χ0v) is 5.26. The van der Waals surface area contributed by atoms with Crippen molar-refractivity contribution >= 4 is 6.08 Å². The molecule has 1 heterocycles. The van der Waals surface area contributed by atoms with Crippen LogP contribution in [0.4, 0.5) is 0 Å². The summed E-state index contributed by atoms with van der Waals surface area (Å²) in [5.41, 5.74) is 0. The molecule has 0 radical (unpaired) electrons. The zero-order valence-electron chi connectivity index (χ0n) is 5.26. The Hall–Kier alpha value is -0.660. The summed E-state index contributed by atoms with van der Waals surface area (Å²) >= 11 is 0. The molecule has 1 atom stereocenters. The summed E-state index contributed by atoms with van der Waals surface area (Å²) in [6.45, 7) is 1.67. The molecule has 0 saturated carbocycles. The van der Waals surface area contributed by atoms with E-state index in [0.717, 1.165) is 13.0 Å². The maximum absolute atomic E-state index is 9.64. The van der Waals surface area contributed by atoms with Crippen LogP contribution in [0.3, 0.4) is 0 Å². The molecule has 9 heavy (non-hydrogen) atoms. The first-order chi connectivity index (χ1) is 4.43. The number of isocyanates is 1. The molecule has 0 amide bonds. The van der Waals surface area contributed by atoms with Gasteiger partial charge in [0.25, 0.3) is 0 Å². The van der Waals surface area contributed by atoms with Crippen molar-refractivity contribution in [3.8, 4) is 0 Å². The van der Waals surface area contributed by atoms with Gasteiger partial charge in [-0.15, -0.1) is 0 Å². The molecule has 1 rings (SSSR count). The standard InChI is InChI=1S/C6H10N2O/c9-5-7-4-6-2-1-3-8-6/h6,8H,1-4H2/t6-/m0/s1. The molecular weight excluding hydrogens is 116 g/mol. The highest BCUT2D eigenvalue weighted by Crippen LogP contribution is 2.03. The fourth-order valence-electron chi connectivity index (χ4n) is 1.06. The quantitative estimate of drug-likeness (QED) is 0.420. The van der Waals surface area contributed by atoms with Crippen LogP contribution in [0.5, 0.6) is 0 Å². The molecule has 1 fully saturated rings. The number of carbonyl (C=O) groups excluding carboxylic acids is 1. The number of hydrogen-bond donors (Lipinski definition) is 1. The predicted molar refractivity (Wildman–Crippen MR) is 34.0 cm³/mol. The second-order valence-corrected chi connectivity index (χ2v) is 2.23. The average molecular weight is 126 g/mol. The van der Waals surface area contributed by atoms with Crippen LogP contribution < -0.4 is 5.32 Å². The van der Waals surface area contributed by atoms with Gasteiger partial charge < -0.3 is 5.32 Å². The Kier molecular flexibility index (Phi) is 2.43. The highest BCUT2D eigenvalue weighted by molar-refractivity contribution is 5.32. The van der Waals surface area contributed by atoms with E-state index < -0.39 is 0 Å². The summed E-state index contributed by atoms with van der Waals surface area (Å²) < 4.78 is 0. The average Bonchev–Trinajstić information content (AvgIpc) is 2.34. The fourth-order valence-corrected chi connectivity index (χ4v) is 1.06. The molecule has 0 aromatic heterocycles. The lowest BCUT2D eigenvalue weighted by Crippen LogP contribution is -2.23. The normalized spacial score (nSPS) is 25.6. The van der Waals surface area contributed by atoms with Crippen molar-refractivity contribution in [2.45, 2.75) is 18.9 Å². The topological polar surface area (TPSA) is 41.5 Å². The lowest BCUT2D eigenvalue weighted by molar-refractivity contribution is 0.556. The minimum absolute atomic E-state index is 0.437. The maximum Gasteiger partial charge on any atom is 0.234 e. The van der Waals surface area contributed by atoms with E-state index in [1.165, 1.54) is 12.5 Å². The Morgan fingerprint density at radius 1 is 1.78 bits per heavy atom. The van der Waals surface area contributed by atoms with E-state index >= 15 is 0 Å². The second kappa shape index (κ2) is 3.38. The lowest BCUT2D eigenvalue weighted by atomic mass is 10.2. The van der Waals surface area contributed by atoms with E-state index in [4.69, 9.17) is 0 Å². The van der Waals surface area contributed by atoms with Crippen molar-refractivity contribution < 1.29 is 4.79 Å². The van der Waals surface area contributed by atoms with Gasteiger partial charge in [-0.25, -0.2) is 9.79 Å². The zero-order chi connectivity index (χ0) is 6.53. The van der Waals surface area contributed by atoms with Gasteiger partial charge >= 0.3 is 0 Å². The number of rotatable bonds is 2. The first-order valence-electron chi connectivity index (χ1n) is 3.20. The van der Waals surface area contributed by atoms with Crippen molar-refractivity contribution in [3.63, 3.8) is 0 Å². The third kappa shape index (κ3) is 1.96. The van der Waals surface area contributed by atoms with Gasteiger partial charge in [-0.3, -0.25) is 0 Å². The van der Waals surface area contributed by atoms with Crippen molar-refractivity contribution in [1.82, 2.24) is 5.32 Å². The van der Waals surface area contributed by atoms with Crippen LogP contribution in [0.25, 0.3) is 0 Å². The van der Waals surface area contributed by atoms with Crippen molar-refractivity contribution in [2.75, 3.05) is 13.1 Å². The van der Waals surface area contributed by atoms with Crippen LogP contribution in [-0.2, 0) is 4.79 Å². The van der Waals surface area contributed by atoms with Gasteiger partial charge in [0.15, 0.2) is 0 Å². The van der Waals surface area contributed by atoms with E-state index in [0.29, 0.717) is 12.6 Å². The van der Waals surface area contributed by atoms with Gasteiger partial charge in [0.05, 0.1) is 6.54 Å². The second-order valence-electron chi connectivity index (χ2n) is 2.23. The Morgan fingerprint density at radius 2 is 2.67 bits per heavy atom. The summed E-state index contributed by atoms with van der Waals surface area (Å²) in [6, 6.07) is 0.437. The molecule has 3 heteroatoms. The largest absolute Gasteiger partial charge is 0.312 e. The first kappa shape index (κ1) is 6.46. The third-order valence-electron chi connectivity index (χ3n) is 1.54. The van der Waals surface area contributed by atoms with Gasteiger partial charge in [0, 0.05) is 6.04 Å². The van der Waals surface area contributed by atoms with E-state index in [-0.39, 0.29) is 0 Å². The molecule has 1 aliphatic heterocycles. The number of aliphatic imine (C=N–C) groups is 1. The highest BCUT2D eigenvalue weighted by atomic mass is 16.1. The number of nitrogens with one attached hydrogen (secondary N) is 1. The van der Waals surface area contributed by atoms with Crippen LogP contribution in [-0.4, -0.2) is 25.2 Å². The van der Waals surface area contributed by atoms with Crippen LogP contribution >= 0.6 is 0 Å². The van der Waals surface area contributed by atoms with Crippen molar-refractivity contribution in [2.24, 2.45) is 4.99 Å². The Balaban J connectivity index is 2.18. The van der Waals surface area contributed by atoms with Gasteiger partial charge in [-0.2, -0.15) is 0 Å². The van der Waals surface area contributed by atoms with Crippen LogP contribution in [0.2, 0.25) is 0 Å². The predicted octanol–water partition coefficient (Wildman–Crippen LogP) is 0.0742.